The van der Waals surface area contributed by atoms with Crippen LogP contribution in [0.1, 0.15) is 32.5 Å². The molecule has 3 aromatic rings. The maximum Gasteiger partial charge on any atom is 0.262 e. The van der Waals surface area contributed by atoms with E-state index in [1.165, 1.54) is 11.3 Å². The van der Waals surface area contributed by atoms with Gasteiger partial charge in [-0.2, -0.15) is 0 Å². The summed E-state index contributed by atoms with van der Waals surface area (Å²) in [5.74, 6) is 1.35. The number of aromatic nitrogens is 2. The van der Waals surface area contributed by atoms with Gasteiger partial charge in [0.15, 0.2) is 0 Å². The van der Waals surface area contributed by atoms with Crippen molar-refractivity contribution in [1.29, 1.82) is 0 Å². The van der Waals surface area contributed by atoms with Crippen LogP contribution in [0.15, 0.2) is 22.8 Å². The van der Waals surface area contributed by atoms with Crippen LogP contribution in [0.3, 0.4) is 0 Å². The van der Waals surface area contributed by atoms with Crippen LogP contribution in [-0.4, -0.2) is 15.9 Å². The maximum absolute atomic E-state index is 12.3. The number of hydrogen-bond donors (Lipinski definition) is 1. The van der Waals surface area contributed by atoms with Crippen LogP contribution < -0.4 is 5.32 Å². The van der Waals surface area contributed by atoms with Crippen LogP contribution in [0.25, 0.3) is 10.2 Å². The molecule has 0 radical (unpaired) electrons. The van der Waals surface area contributed by atoms with E-state index in [1.807, 2.05) is 26.8 Å². The summed E-state index contributed by atoms with van der Waals surface area (Å²) >= 11 is 1.40. The lowest BCUT2D eigenvalue weighted by molar-refractivity contribution is 0.0951. The third-order valence-corrected chi connectivity index (χ3v) is 4.48. The first kappa shape index (κ1) is 13.8. The second-order valence-electron chi connectivity index (χ2n) is 4.85. The Morgan fingerprint density at radius 3 is 2.86 bits per heavy atom. The van der Waals surface area contributed by atoms with Gasteiger partial charge in [0.25, 0.3) is 5.91 Å². The number of carbonyl (C=O) groups is 1. The third kappa shape index (κ3) is 2.54. The zero-order valence-corrected chi connectivity index (χ0v) is 12.9. The van der Waals surface area contributed by atoms with Crippen molar-refractivity contribution in [2.45, 2.75) is 27.3 Å². The molecule has 0 aliphatic rings. The fraction of sp³-hybridized carbons (Fsp3) is 0.267. The molecular formula is C15H15N3O2S. The van der Waals surface area contributed by atoms with Gasteiger partial charge in [0, 0.05) is 11.1 Å². The van der Waals surface area contributed by atoms with Crippen LogP contribution in [-0.2, 0) is 6.54 Å². The zero-order valence-electron chi connectivity index (χ0n) is 12.1. The van der Waals surface area contributed by atoms with Gasteiger partial charge in [-0.3, -0.25) is 4.79 Å². The molecule has 5 nitrogen and oxygen atoms in total. The summed E-state index contributed by atoms with van der Waals surface area (Å²) in [5.41, 5.74) is 1.85. The highest BCUT2D eigenvalue weighted by Gasteiger charge is 2.18. The summed E-state index contributed by atoms with van der Waals surface area (Å²) in [5, 5.41) is 3.85. The molecule has 0 aliphatic heterocycles. The standard InChI is InChI=1S/C15H15N3O2S/c1-8-12-9(2)17-10(3)18-15(12)21-13(8)14(19)16-7-11-5-4-6-20-11/h4-6H,7H2,1-3H3,(H,16,19). The van der Waals surface area contributed by atoms with Gasteiger partial charge in [0.05, 0.1) is 17.7 Å². The first-order valence-electron chi connectivity index (χ1n) is 6.61. The highest BCUT2D eigenvalue weighted by atomic mass is 32.1. The van der Waals surface area contributed by atoms with Crippen molar-refractivity contribution < 1.29 is 9.21 Å². The molecule has 21 heavy (non-hydrogen) atoms. The summed E-state index contributed by atoms with van der Waals surface area (Å²) in [6.45, 7) is 6.12. The van der Waals surface area contributed by atoms with Crippen molar-refractivity contribution in [3.63, 3.8) is 0 Å². The number of hydrogen-bond acceptors (Lipinski definition) is 5. The molecule has 0 bridgehead atoms. The van der Waals surface area contributed by atoms with E-state index in [0.717, 1.165) is 33.1 Å². The third-order valence-electron chi connectivity index (χ3n) is 3.29. The minimum Gasteiger partial charge on any atom is -0.467 e. The van der Waals surface area contributed by atoms with Crippen molar-refractivity contribution in [3.8, 4) is 0 Å². The first-order chi connectivity index (χ1) is 10.1. The minimum absolute atomic E-state index is 0.107. The fourth-order valence-electron chi connectivity index (χ4n) is 2.35. The number of fused-ring (bicyclic) bond motifs is 1. The number of nitrogens with zero attached hydrogens (tertiary/aromatic N) is 2. The van der Waals surface area contributed by atoms with Crippen molar-refractivity contribution in [2.24, 2.45) is 0 Å². The van der Waals surface area contributed by atoms with Crippen LogP contribution in [0, 0.1) is 20.8 Å². The van der Waals surface area contributed by atoms with E-state index in [4.69, 9.17) is 4.42 Å². The Morgan fingerprint density at radius 2 is 2.14 bits per heavy atom. The molecule has 0 atom stereocenters. The number of nitrogens with one attached hydrogen (secondary N) is 1. The lowest BCUT2D eigenvalue weighted by Crippen LogP contribution is -2.22. The number of furan rings is 1. The molecule has 1 amide bonds. The Labute approximate surface area is 126 Å². The highest BCUT2D eigenvalue weighted by molar-refractivity contribution is 7.20. The van der Waals surface area contributed by atoms with Gasteiger partial charge >= 0.3 is 0 Å². The summed E-state index contributed by atoms with van der Waals surface area (Å²) in [7, 11) is 0. The molecule has 0 saturated carbocycles. The molecule has 0 aromatic carbocycles. The van der Waals surface area contributed by atoms with E-state index in [1.54, 1.807) is 12.3 Å². The number of carbonyl (C=O) groups excluding carboxylic acids is 1. The van der Waals surface area contributed by atoms with E-state index in [-0.39, 0.29) is 5.91 Å². The van der Waals surface area contributed by atoms with Crippen LogP contribution >= 0.6 is 11.3 Å². The van der Waals surface area contributed by atoms with Gasteiger partial charge in [-0.25, -0.2) is 9.97 Å². The van der Waals surface area contributed by atoms with E-state index in [2.05, 4.69) is 15.3 Å². The smallest absolute Gasteiger partial charge is 0.262 e. The predicted molar refractivity (Wildman–Crippen MR) is 81.5 cm³/mol. The van der Waals surface area contributed by atoms with Gasteiger partial charge < -0.3 is 9.73 Å². The SMILES string of the molecule is Cc1nc(C)c2c(C)c(C(=O)NCc3ccco3)sc2n1. The lowest BCUT2D eigenvalue weighted by atomic mass is 10.1. The highest BCUT2D eigenvalue weighted by Crippen LogP contribution is 2.31. The fourth-order valence-corrected chi connectivity index (χ4v) is 3.55. The summed E-state index contributed by atoms with van der Waals surface area (Å²) in [6, 6.07) is 3.63. The zero-order chi connectivity index (χ0) is 15.0. The average Bonchev–Trinajstić information content (AvgIpc) is 3.04. The maximum atomic E-state index is 12.3. The first-order valence-corrected chi connectivity index (χ1v) is 7.43. The Balaban J connectivity index is 1.91. The van der Waals surface area contributed by atoms with Crippen LogP contribution in [0.2, 0.25) is 0 Å². The van der Waals surface area contributed by atoms with Gasteiger partial charge in [0.2, 0.25) is 0 Å². The molecule has 1 N–H and O–H groups in total. The van der Waals surface area contributed by atoms with E-state index >= 15 is 0 Å². The van der Waals surface area contributed by atoms with E-state index < -0.39 is 0 Å². The second kappa shape index (κ2) is 5.29. The molecule has 0 spiro atoms. The van der Waals surface area contributed by atoms with Gasteiger partial charge in [-0.1, -0.05) is 0 Å². The van der Waals surface area contributed by atoms with Gasteiger partial charge in [0.1, 0.15) is 16.4 Å². The Morgan fingerprint density at radius 1 is 1.33 bits per heavy atom. The summed E-state index contributed by atoms with van der Waals surface area (Å²) in [6.07, 6.45) is 1.59. The minimum atomic E-state index is -0.107. The topological polar surface area (TPSA) is 68.0 Å². The molecule has 6 heteroatoms. The summed E-state index contributed by atoms with van der Waals surface area (Å²) < 4.78 is 5.21. The van der Waals surface area contributed by atoms with Gasteiger partial charge in [-0.05, 0) is 38.5 Å². The molecule has 0 saturated heterocycles. The molecule has 0 unspecified atom stereocenters. The van der Waals surface area contributed by atoms with E-state index in [0.29, 0.717) is 11.4 Å². The van der Waals surface area contributed by atoms with Crippen molar-refractivity contribution in [1.82, 2.24) is 15.3 Å². The quantitative estimate of drug-likeness (QED) is 0.807. The van der Waals surface area contributed by atoms with Gasteiger partial charge in [-0.15, -0.1) is 11.3 Å². The van der Waals surface area contributed by atoms with Crippen molar-refractivity contribution in [2.75, 3.05) is 0 Å². The number of thiophene rings is 1. The Bertz CT molecular complexity index is 806. The molecular weight excluding hydrogens is 286 g/mol. The van der Waals surface area contributed by atoms with Crippen molar-refractivity contribution >= 4 is 27.5 Å². The number of aryl methyl sites for hydroxylation is 3. The number of rotatable bonds is 3. The summed E-state index contributed by atoms with van der Waals surface area (Å²) in [4.78, 5) is 22.7. The lowest BCUT2D eigenvalue weighted by Gasteiger charge is -2.02. The average molecular weight is 301 g/mol. The predicted octanol–water partition coefficient (Wildman–Crippen LogP) is 3.14. The molecule has 108 valence electrons. The van der Waals surface area contributed by atoms with E-state index in [9.17, 15) is 4.79 Å². The molecule has 3 aromatic heterocycles. The van der Waals surface area contributed by atoms with Crippen molar-refractivity contribution in [3.05, 3.63) is 46.1 Å². The molecule has 0 aliphatic carbocycles. The molecule has 3 heterocycles. The molecule has 3 rings (SSSR count). The Kier molecular flexibility index (Phi) is 3.47. The second-order valence-corrected chi connectivity index (χ2v) is 5.85. The van der Waals surface area contributed by atoms with Crippen LogP contribution in [0.5, 0.6) is 0 Å². The normalized spacial score (nSPS) is 11.0. The monoisotopic (exact) mass is 301 g/mol. The Hall–Kier alpha value is -2.21. The van der Waals surface area contributed by atoms with Crippen LogP contribution in [0.4, 0.5) is 0 Å². The number of amides is 1. The molecule has 0 fully saturated rings. The largest absolute Gasteiger partial charge is 0.467 e.